The molecule has 0 aromatic carbocycles. The van der Waals surface area contributed by atoms with Crippen LogP contribution in [-0.4, -0.2) is 41.5 Å². The first kappa shape index (κ1) is 15.0. The quantitative estimate of drug-likeness (QED) is 0.744. The predicted molar refractivity (Wildman–Crippen MR) is 69.0 cm³/mol. The van der Waals surface area contributed by atoms with Crippen molar-refractivity contribution in [2.75, 3.05) is 19.6 Å². The van der Waals surface area contributed by atoms with Gasteiger partial charge in [-0.05, 0) is 31.2 Å². The number of hydrogen-bond donors (Lipinski definition) is 2. The molecule has 0 bridgehead atoms. The Balaban J connectivity index is 2.45. The minimum absolute atomic E-state index is 0.109. The summed E-state index contributed by atoms with van der Waals surface area (Å²) in [4.78, 5) is 24.6. The van der Waals surface area contributed by atoms with Crippen LogP contribution in [0, 0.1) is 11.8 Å². The molecule has 5 nitrogen and oxygen atoms in total. The normalized spacial score (nSPS) is 21.7. The highest BCUT2D eigenvalue weighted by Gasteiger charge is 2.26. The van der Waals surface area contributed by atoms with Crippen molar-refractivity contribution in [3.8, 4) is 0 Å². The molecule has 0 aliphatic carbocycles. The number of piperidine rings is 1. The molecule has 1 aliphatic rings. The summed E-state index contributed by atoms with van der Waals surface area (Å²) in [7, 11) is 0. The number of rotatable bonds is 6. The van der Waals surface area contributed by atoms with Gasteiger partial charge in [0.15, 0.2) is 0 Å². The molecular formula is C13H24N2O3. The summed E-state index contributed by atoms with van der Waals surface area (Å²) in [5, 5.41) is 8.79. The van der Waals surface area contributed by atoms with Crippen LogP contribution in [0.5, 0.6) is 0 Å². The molecule has 0 aromatic rings. The predicted octanol–water partition coefficient (Wildman–Crippen LogP) is 1.07. The summed E-state index contributed by atoms with van der Waals surface area (Å²) in [6.07, 6.45) is 3.38. The molecule has 2 atom stereocenters. The largest absolute Gasteiger partial charge is 0.481 e. The van der Waals surface area contributed by atoms with Gasteiger partial charge < -0.3 is 15.7 Å². The molecule has 3 N–H and O–H groups in total. The van der Waals surface area contributed by atoms with Crippen molar-refractivity contribution in [2.24, 2.45) is 17.6 Å². The van der Waals surface area contributed by atoms with Gasteiger partial charge in [0.2, 0.25) is 5.91 Å². The summed E-state index contributed by atoms with van der Waals surface area (Å²) in [6, 6.07) is 0. The number of hydrogen-bond acceptors (Lipinski definition) is 3. The molecule has 1 heterocycles. The third-order valence-electron chi connectivity index (χ3n) is 3.71. The van der Waals surface area contributed by atoms with Gasteiger partial charge >= 0.3 is 5.97 Å². The molecule has 18 heavy (non-hydrogen) atoms. The van der Waals surface area contributed by atoms with Crippen LogP contribution in [0.25, 0.3) is 0 Å². The molecule has 1 rings (SSSR count). The third kappa shape index (κ3) is 4.64. The summed E-state index contributed by atoms with van der Waals surface area (Å²) in [5.41, 5.74) is 5.61. The highest BCUT2D eigenvalue weighted by Crippen LogP contribution is 2.21. The number of carbonyl (C=O) groups is 2. The van der Waals surface area contributed by atoms with Crippen LogP contribution in [-0.2, 0) is 9.59 Å². The van der Waals surface area contributed by atoms with Crippen LogP contribution in [0.15, 0.2) is 0 Å². The smallest absolute Gasteiger partial charge is 0.303 e. The van der Waals surface area contributed by atoms with E-state index in [2.05, 4.69) is 0 Å². The molecule has 1 fully saturated rings. The van der Waals surface area contributed by atoms with E-state index in [4.69, 9.17) is 10.8 Å². The van der Waals surface area contributed by atoms with Gasteiger partial charge in [0.1, 0.15) is 0 Å². The van der Waals surface area contributed by atoms with E-state index in [1.165, 1.54) is 0 Å². The van der Waals surface area contributed by atoms with E-state index in [1.807, 2.05) is 11.8 Å². The van der Waals surface area contributed by atoms with Gasteiger partial charge in [0.25, 0.3) is 0 Å². The minimum Gasteiger partial charge on any atom is -0.481 e. The number of likely N-dealkylation sites (tertiary alicyclic amines) is 1. The van der Waals surface area contributed by atoms with Gasteiger partial charge in [-0.3, -0.25) is 9.59 Å². The van der Waals surface area contributed by atoms with Crippen LogP contribution in [0.2, 0.25) is 0 Å². The van der Waals surface area contributed by atoms with Crippen molar-refractivity contribution >= 4 is 11.9 Å². The fraction of sp³-hybridized carbons (Fsp3) is 0.846. The molecule has 0 spiro atoms. The van der Waals surface area contributed by atoms with Crippen LogP contribution < -0.4 is 5.73 Å². The number of carbonyl (C=O) groups excluding carboxylic acids is 1. The van der Waals surface area contributed by atoms with Crippen LogP contribution in [0.4, 0.5) is 0 Å². The third-order valence-corrected chi connectivity index (χ3v) is 3.71. The lowest BCUT2D eigenvalue weighted by molar-refractivity contribution is -0.141. The molecular weight excluding hydrogens is 232 g/mol. The zero-order valence-corrected chi connectivity index (χ0v) is 11.1. The van der Waals surface area contributed by atoms with Gasteiger partial charge in [-0.1, -0.05) is 13.3 Å². The molecule has 0 aromatic heterocycles. The highest BCUT2D eigenvalue weighted by atomic mass is 16.4. The fourth-order valence-electron chi connectivity index (χ4n) is 2.48. The number of nitrogens with zero attached hydrogens (tertiary/aromatic N) is 1. The van der Waals surface area contributed by atoms with Gasteiger partial charge in [-0.25, -0.2) is 0 Å². The second kappa shape index (κ2) is 7.36. The Hall–Kier alpha value is -1.10. The Labute approximate surface area is 108 Å². The first-order chi connectivity index (χ1) is 8.56. The van der Waals surface area contributed by atoms with Crippen LogP contribution in [0.3, 0.4) is 0 Å². The van der Waals surface area contributed by atoms with E-state index in [-0.39, 0.29) is 24.2 Å². The second-order valence-electron chi connectivity index (χ2n) is 5.16. The van der Waals surface area contributed by atoms with Gasteiger partial charge in [0, 0.05) is 25.9 Å². The molecule has 2 unspecified atom stereocenters. The number of aliphatic carboxylic acids is 1. The lowest BCUT2D eigenvalue weighted by Crippen LogP contribution is -2.41. The van der Waals surface area contributed by atoms with E-state index in [1.54, 1.807) is 0 Å². The molecule has 0 radical (unpaired) electrons. The molecule has 0 saturated carbocycles. The Kier molecular flexibility index (Phi) is 6.12. The standard InChI is InChI=1S/C13H24N2O3/c1-2-10(8-14)6-12(16)15-5-3-4-11(9-15)7-13(17)18/h10-11H,2-9,14H2,1H3,(H,17,18). The molecule has 5 heteroatoms. The fourth-order valence-corrected chi connectivity index (χ4v) is 2.48. The van der Waals surface area contributed by atoms with Crippen molar-refractivity contribution in [1.82, 2.24) is 4.90 Å². The van der Waals surface area contributed by atoms with Crippen molar-refractivity contribution in [3.63, 3.8) is 0 Å². The van der Waals surface area contributed by atoms with E-state index < -0.39 is 5.97 Å². The monoisotopic (exact) mass is 256 g/mol. The summed E-state index contributed by atoms with van der Waals surface area (Å²) >= 11 is 0. The SMILES string of the molecule is CCC(CN)CC(=O)N1CCCC(CC(=O)O)C1. The maximum atomic E-state index is 12.1. The Bertz CT molecular complexity index is 290. The summed E-state index contributed by atoms with van der Waals surface area (Å²) in [5.74, 6) is -0.291. The lowest BCUT2D eigenvalue weighted by Gasteiger charge is -2.33. The van der Waals surface area contributed by atoms with Crippen molar-refractivity contribution in [2.45, 2.75) is 39.0 Å². The maximum absolute atomic E-state index is 12.1. The number of carboxylic acids is 1. The van der Waals surface area contributed by atoms with Crippen LogP contribution >= 0.6 is 0 Å². The number of amides is 1. The summed E-state index contributed by atoms with van der Waals surface area (Å²) < 4.78 is 0. The Morgan fingerprint density at radius 2 is 2.22 bits per heavy atom. The van der Waals surface area contributed by atoms with Gasteiger partial charge in [-0.2, -0.15) is 0 Å². The summed E-state index contributed by atoms with van der Waals surface area (Å²) in [6.45, 7) is 3.92. The Morgan fingerprint density at radius 3 is 2.78 bits per heavy atom. The second-order valence-corrected chi connectivity index (χ2v) is 5.16. The zero-order valence-electron chi connectivity index (χ0n) is 11.1. The van der Waals surface area contributed by atoms with Crippen molar-refractivity contribution in [1.29, 1.82) is 0 Å². The van der Waals surface area contributed by atoms with Gasteiger partial charge in [0.05, 0.1) is 0 Å². The van der Waals surface area contributed by atoms with Gasteiger partial charge in [-0.15, -0.1) is 0 Å². The topological polar surface area (TPSA) is 83.6 Å². The first-order valence-corrected chi connectivity index (χ1v) is 6.76. The average Bonchev–Trinajstić information content (AvgIpc) is 2.35. The first-order valence-electron chi connectivity index (χ1n) is 6.76. The number of nitrogens with two attached hydrogens (primary N) is 1. The lowest BCUT2D eigenvalue weighted by atomic mass is 9.93. The van der Waals surface area contributed by atoms with Crippen molar-refractivity contribution < 1.29 is 14.7 Å². The molecule has 1 aliphatic heterocycles. The zero-order chi connectivity index (χ0) is 13.5. The maximum Gasteiger partial charge on any atom is 0.303 e. The molecule has 1 amide bonds. The van der Waals surface area contributed by atoms with Crippen LogP contribution in [0.1, 0.15) is 39.0 Å². The highest BCUT2D eigenvalue weighted by molar-refractivity contribution is 5.76. The average molecular weight is 256 g/mol. The Morgan fingerprint density at radius 1 is 1.50 bits per heavy atom. The van der Waals surface area contributed by atoms with E-state index >= 15 is 0 Å². The van der Waals surface area contributed by atoms with E-state index in [0.29, 0.717) is 19.5 Å². The van der Waals surface area contributed by atoms with E-state index in [9.17, 15) is 9.59 Å². The minimum atomic E-state index is -0.775. The molecule has 1 saturated heterocycles. The number of carboxylic acid groups (broad SMARTS) is 1. The van der Waals surface area contributed by atoms with Crippen molar-refractivity contribution in [3.05, 3.63) is 0 Å². The molecule has 104 valence electrons. The van der Waals surface area contributed by atoms with E-state index in [0.717, 1.165) is 25.8 Å².